The van der Waals surface area contributed by atoms with Gasteiger partial charge in [0.2, 0.25) is 0 Å². The van der Waals surface area contributed by atoms with Crippen molar-refractivity contribution >= 4 is 11.8 Å². The van der Waals surface area contributed by atoms with Gasteiger partial charge in [0.25, 0.3) is 0 Å². The number of thioether (sulfide) groups is 1. The van der Waals surface area contributed by atoms with Crippen molar-refractivity contribution in [2.75, 3.05) is 6.26 Å². The molecule has 1 rings (SSSR count). The minimum absolute atomic E-state index is 0.481. The lowest BCUT2D eigenvalue weighted by Gasteiger charge is -2.02. The molecule has 0 aliphatic carbocycles. The molecule has 1 N–H and O–H groups in total. The maximum absolute atomic E-state index is 9.10. The summed E-state index contributed by atoms with van der Waals surface area (Å²) in [4.78, 5) is 8.02. The quantitative estimate of drug-likeness (QED) is 0.536. The van der Waals surface area contributed by atoms with E-state index < -0.39 is 6.10 Å². The molecule has 1 aromatic heterocycles. The molecule has 1 atom stereocenters. The topological polar surface area (TPSA) is 46.0 Å². The summed E-state index contributed by atoms with van der Waals surface area (Å²) < 4.78 is 0. The first-order valence-electron chi connectivity index (χ1n) is 3.28. The molecule has 0 aliphatic rings. The van der Waals surface area contributed by atoms with Crippen molar-refractivity contribution in [2.45, 2.75) is 18.2 Å². The van der Waals surface area contributed by atoms with Gasteiger partial charge in [0.1, 0.15) is 0 Å². The molecule has 11 heavy (non-hydrogen) atoms. The first-order valence-corrected chi connectivity index (χ1v) is 4.50. The van der Waals surface area contributed by atoms with E-state index in [1.54, 1.807) is 19.3 Å². The molecule has 1 aromatic rings. The summed E-state index contributed by atoms with van der Waals surface area (Å²) in [6, 6.07) is 0. The molecule has 0 aromatic carbocycles. The summed E-state index contributed by atoms with van der Waals surface area (Å²) in [7, 11) is 0. The van der Waals surface area contributed by atoms with Crippen LogP contribution in [-0.4, -0.2) is 21.3 Å². The van der Waals surface area contributed by atoms with Crippen molar-refractivity contribution in [1.82, 2.24) is 9.97 Å². The molecule has 0 unspecified atom stereocenters. The Bertz CT molecular complexity index is 222. The molecule has 0 aliphatic heterocycles. The highest BCUT2D eigenvalue weighted by Crippen LogP contribution is 2.11. The van der Waals surface area contributed by atoms with Gasteiger partial charge in [-0.15, -0.1) is 0 Å². The highest BCUT2D eigenvalue weighted by molar-refractivity contribution is 7.98. The summed E-state index contributed by atoms with van der Waals surface area (Å²) in [5.74, 6) is 0. The highest BCUT2D eigenvalue weighted by Gasteiger charge is 2.00. The standard InChI is InChI=1S/C7H10N2OS/c1-5(10)6-3-8-7(11-2)9-4-6/h3-5,10H,1-2H3/t5-/m0/s1. The predicted molar refractivity (Wildman–Crippen MR) is 44.4 cm³/mol. The fraction of sp³-hybridized carbons (Fsp3) is 0.429. The average molecular weight is 170 g/mol. The van der Waals surface area contributed by atoms with Gasteiger partial charge < -0.3 is 5.11 Å². The average Bonchev–Trinajstić information content (AvgIpc) is 2.05. The van der Waals surface area contributed by atoms with Gasteiger partial charge in [0.05, 0.1) is 6.10 Å². The number of aromatic nitrogens is 2. The zero-order chi connectivity index (χ0) is 8.27. The maximum atomic E-state index is 9.10. The molecule has 0 bridgehead atoms. The second-order valence-corrected chi connectivity index (χ2v) is 2.95. The molecule has 0 saturated carbocycles. The summed E-state index contributed by atoms with van der Waals surface area (Å²) in [5, 5.41) is 9.83. The number of aliphatic hydroxyl groups excluding tert-OH is 1. The Morgan fingerprint density at radius 2 is 2.00 bits per heavy atom. The van der Waals surface area contributed by atoms with Gasteiger partial charge in [-0.3, -0.25) is 0 Å². The highest BCUT2D eigenvalue weighted by atomic mass is 32.2. The Balaban J connectivity index is 2.83. The van der Waals surface area contributed by atoms with E-state index in [0.717, 1.165) is 10.7 Å². The van der Waals surface area contributed by atoms with Crippen LogP contribution in [0.2, 0.25) is 0 Å². The van der Waals surface area contributed by atoms with E-state index in [4.69, 9.17) is 5.11 Å². The van der Waals surface area contributed by atoms with E-state index in [1.165, 1.54) is 11.8 Å². The molecule has 0 saturated heterocycles. The fourth-order valence-corrected chi connectivity index (χ4v) is 0.964. The van der Waals surface area contributed by atoms with Crippen molar-refractivity contribution in [2.24, 2.45) is 0 Å². The van der Waals surface area contributed by atoms with Crippen LogP contribution in [0.25, 0.3) is 0 Å². The fourth-order valence-electron chi connectivity index (χ4n) is 0.647. The van der Waals surface area contributed by atoms with Gasteiger partial charge in [0.15, 0.2) is 5.16 Å². The monoisotopic (exact) mass is 170 g/mol. The predicted octanol–water partition coefficient (Wildman–Crippen LogP) is 1.25. The summed E-state index contributed by atoms with van der Waals surface area (Å²) in [6.07, 6.45) is 4.72. The van der Waals surface area contributed by atoms with Crippen molar-refractivity contribution in [3.8, 4) is 0 Å². The maximum Gasteiger partial charge on any atom is 0.187 e. The Hall–Kier alpha value is -0.610. The lowest BCUT2D eigenvalue weighted by molar-refractivity contribution is 0.198. The molecule has 0 amide bonds. The van der Waals surface area contributed by atoms with Crippen LogP contribution in [0, 0.1) is 0 Å². The van der Waals surface area contributed by atoms with E-state index in [1.807, 2.05) is 6.26 Å². The third kappa shape index (κ3) is 2.17. The molecular weight excluding hydrogens is 160 g/mol. The summed E-state index contributed by atoms with van der Waals surface area (Å²) in [5.41, 5.74) is 0.753. The van der Waals surface area contributed by atoms with Crippen molar-refractivity contribution in [3.05, 3.63) is 18.0 Å². The lowest BCUT2D eigenvalue weighted by atomic mass is 10.2. The van der Waals surface area contributed by atoms with Crippen LogP contribution in [0.3, 0.4) is 0 Å². The zero-order valence-electron chi connectivity index (χ0n) is 6.48. The van der Waals surface area contributed by atoms with E-state index >= 15 is 0 Å². The van der Waals surface area contributed by atoms with Gasteiger partial charge in [-0.05, 0) is 13.2 Å². The minimum Gasteiger partial charge on any atom is -0.389 e. The van der Waals surface area contributed by atoms with Crippen LogP contribution in [0.15, 0.2) is 17.6 Å². The van der Waals surface area contributed by atoms with Crippen LogP contribution in [0.1, 0.15) is 18.6 Å². The first kappa shape index (κ1) is 8.49. The SMILES string of the molecule is CSc1ncc([C@H](C)O)cn1. The van der Waals surface area contributed by atoms with Gasteiger partial charge in [-0.2, -0.15) is 0 Å². The molecule has 60 valence electrons. The lowest BCUT2D eigenvalue weighted by Crippen LogP contribution is -1.94. The van der Waals surface area contributed by atoms with Gasteiger partial charge in [0, 0.05) is 18.0 Å². The number of hydrogen-bond donors (Lipinski definition) is 1. The second-order valence-electron chi connectivity index (χ2n) is 2.18. The van der Waals surface area contributed by atoms with Crippen LogP contribution >= 0.6 is 11.8 Å². The second kappa shape index (κ2) is 3.69. The Labute approximate surface area is 69.9 Å². The number of rotatable bonds is 2. The molecule has 0 radical (unpaired) electrons. The van der Waals surface area contributed by atoms with E-state index in [9.17, 15) is 0 Å². The first-order chi connectivity index (χ1) is 5.24. The van der Waals surface area contributed by atoms with Crippen LogP contribution in [-0.2, 0) is 0 Å². The molecule has 4 heteroatoms. The third-order valence-corrected chi connectivity index (χ3v) is 1.89. The minimum atomic E-state index is -0.481. The largest absolute Gasteiger partial charge is 0.389 e. The summed E-state index contributed by atoms with van der Waals surface area (Å²) >= 11 is 1.49. The van der Waals surface area contributed by atoms with E-state index in [-0.39, 0.29) is 0 Å². The van der Waals surface area contributed by atoms with Gasteiger partial charge in [-0.1, -0.05) is 11.8 Å². The summed E-state index contributed by atoms with van der Waals surface area (Å²) in [6.45, 7) is 1.69. The van der Waals surface area contributed by atoms with E-state index in [2.05, 4.69) is 9.97 Å². The smallest absolute Gasteiger partial charge is 0.187 e. The molecular formula is C7H10N2OS. The van der Waals surface area contributed by atoms with Crippen LogP contribution in [0.4, 0.5) is 0 Å². The Morgan fingerprint density at radius 3 is 2.36 bits per heavy atom. The molecule has 3 nitrogen and oxygen atoms in total. The van der Waals surface area contributed by atoms with Gasteiger partial charge >= 0.3 is 0 Å². The number of aliphatic hydroxyl groups is 1. The molecule has 0 fully saturated rings. The Kier molecular flexibility index (Phi) is 2.84. The van der Waals surface area contributed by atoms with Gasteiger partial charge in [-0.25, -0.2) is 9.97 Å². The van der Waals surface area contributed by atoms with Crippen LogP contribution in [0.5, 0.6) is 0 Å². The number of nitrogens with zero attached hydrogens (tertiary/aromatic N) is 2. The van der Waals surface area contributed by atoms with Crippen molar-refractivity contribution < 1.29 is 5.11 Å². The molecule has 1 heterocycles. The molecule has 0 spiro atoms. The third-order valence-electron chi connectivity index (χ3n) is 1.31. The Morgan fingerprint density at radius 1 is 1.45 bits per heavy atom. The van der Waals surface area contributed by atoms with Crippen LogP contribution < -0.4 is 0 Å². The van der Waals surface area contributed by atoms with E-state index in [0.29, 0.717) is 0 Å². The number of hydrogen-bond acceptors (Lipinski definition) is 4. The van der Waals surface area contributed by atoms with Crippen molar-refractivity contribution in [3.63, 3.8) is 0 Å². The zero-order valence-corrected chi connectivity index (χ0v) is 7.30. The normalized spacial score (nSPS) is 13.0. The van der Waals surface area contributed by atoms with Crippen molar-refractivity contribution in [1.29, 1.82) is 0 Å².